The molecule has 0 aliphatic heterocycles. The van der Waals surface area contributed by atoms with Gasteiger partial charge >= 0.3 is 11.9 Å². The number of esters is 2. The number of rotatable bonds is 2. The van der Waals surface area contributed by atoms with E-state index in [0.717, 1.165) is 51.4 Å². The Kier molecular flexibility index (Phi) is 9.41. The van der Waals surface area contributed by atoms with E-state index in [9.17, 15) is 9.59 Å². The summed E-state index contributed by atoms with van der Waals surface area (Å²) < 4.78 is 10.7. The van der Waals surface area contributed by atoms with Gasteiger partial charge in [0.1, 0.15) is 11.2 Å². The highest BCUT2D eigenvalue weighted by Gasteiger charge is 2.30. The third-order valence-electron chi connectivity index (χ3n) is 4.91. The molecular weight excluding hydrogens is 356 g/mol. The van der Waals surface area contributed by atoms with Crippen molar-refractivity contribution in [3.8, 4) is 0 Å². The third kappa shape index (κ3) is 10.4. The summed E-state index contributed by atoms with van der Waals surface area (Å²) in [6.07, 6.45) is 7.61. The molecule has 2 rings (SSSR count). The van der Waals surface area contributed by atoms with Crippen molar-refractivity contribution >= 4 is 11.9 Å². The van der Waals surface area contributed by atoms with Crippen molar-refractivity contribution in [1.29, 1.82) is 0 Å². The molecule has 2 saturated carbocycles. The van der Waals surface area contributed by atoms with Crippen molar-refractivity contribution < 1.29 is 19.1 Å². The number of ether oxygens (including phenoxy) is 2. The minimum atomic E-state index is -0.376. The normalized spacial score (nSPS) is 28.6. The largest absolute Gasteiger partial charge is 0.460 e. The monoisotopic (exact) mass is 398 g/mol. The van der Waals surface area contributed by atoms with Crippen molar-refractivity contribution in [2.75, 3.05) is 0 Å². The maximum atomic E-state index is 11.7. The quantitative estimate of drug-likeness (QED) is 0.687. The van der Waals surface area contributed by atoms with E-state index in [1.807, 2.05) is 41.5 Å². The molecule has 0 unspecified atom stereocenters. The summed E-state index contributed by atoms with van der Waals surface area (Å²) in [5.41, 5.74) is 10.9. The fourth-order valence-electron chi connectivity index (χ4n) is 3.65. The Balaban J connectivity index is 0.000000280. The standard InChI is InChI=1S/2C11H21NO2/c2*1-11(2,3)14-10(13)8-5-4-6-9(12)7-8/h2*8-9H,4-7,12H2,1-3H3/t8-,9+;8-,9-/m11/s1. The molecule has 164 valence electrons. The van der Waals surface area contributed by atoms with Gasteiger partial charge in [-0.05, 0) is 80.1 Å². The van der Waals surface area contributed by atoms with Crippen LogP contribution in [0.3, 0.4) is 0 Å². The Hall–Kier alpha value is -1.14. The van der Waals surface area contributed by atoms with E-state index in [0.29, 0.717) is 0 Å². The summed E-state index contributed by atoms with van der Waals surface area (Å²) in [6.45, 7) is 11.4. The van der Waals surface area contributed by atoms with E-state index >= 15 is 0 Å². The molecule has 0 aromatic carbocycles. The predicted octanol–water partition coefficient (Wildman–Crippen LogP) is 3.69. The van der Waals surface area contributed by atoms with Gasteiger partial charge in [-0.1, -0.05) is 12.8 Å². The Bertz CT molecular complexity index is 462. The fraction of sp³-hybridized carbons (Fsp3) is 0.909. The van der Waals surface area contributed by atoms with Gasteiger partial charge in [-0.2, -0.15) is 0 Å². The van der Waals surface area contributed by atoms with Gasteiger partial charge in [-0.25, -0.2) is 0 Å². The van der Waals surface area contributed by atoms with Gasteiger partial charge in [0.25, 0.3) is 0 Å². The smallest absolute Gasteiger partial charge is 0.309 e. The van der Waals surface area contributed by atoms with E-state index in [2.05, 4.69) is 0 Å². The molecule has 0 aromatic rings. The molecule has 2 fully saturated rings. The lowest BCUT2D eigenvalue weighted by molar-refractivity contribution is -0.162. The molecule has 0 saturated heterocycles. The Labute approximate surface area is 171 Å². The number of hydrogen-bond donors (Lipinski definition) is 2. The molecule has 0 heterocycles. The number of carbonyl (C=O) groups is 2. The van der Waals surface area contributed by atoms with Crippen LogP contribution in [0.1, 0.15) is 92.9 Å². The molecule has 4 N–H and O–H groups in total. The minimum Gasteiger partial charge on any atom is -0.460 e. The van der Waals surface area contributed by atoms with Gasteiger partial charge in [0, 0.05) is 12.1 Å². The van der Waals surface area contributed by atoms with E-state index in [4.69, 9.17) is 20.9 Å². The SMILES string of the molecule is CC(C)(C)OC(=O)[C@@H]1CCC[C@@H](N)C1.CC(C)(C)OC(=O)[C@@H]1CCC[C@H](N)C1. The van der Waals surface area contributed by atoms with Crippen LogP contribution in [-0.2, 0) is 19.1 Å². The molecule has 0 amide bonds. The first-order valence-electron chi connectivity index (χ1n) is 10.7. The lowest BCUT2D eigenvalue weighted by Gasteiger charge is -2.28. The van der Waals surface area contributed by atoms with Crippen molar-refractivity contribution in [2.24, 2.45) is 23.3 Å². The molecule has 0 radical (unpaired) electrons. The molecule has 2 aliphatic rings. The minimum absolute atomic E-state index is 0.0259. The first-order chi connectivity index (χ1) is 12.8. The number of nitrogens with two attached hydrogens (primary N) is 2. The molecular formula is C22H42N2O4. The number of hydrogen-bond acceptors (Lipinski definition) is 6. The predicted molar refractivity (Wildman–Crippen MR) is 112 cm³/mol. The molecule has 0 spiro atoms. The molecule has 4 atom stereocenters. The number of carbonyl (C=O) groups excluding carboxylic acids is 2. The van der Waals surface area contributed by atoms with Crippen molar-refractivity contribution in [1.82, 2.24) is 0 Å². The van der Waals surface area contributed by atoms with E-state index in [-0.39, 0.29) is 47.1 Å². The Morgan fingerprint density at radius 1 is 0.679 bits per heavy atom. The molecule has 28 heavy (non-hydrogen) atoms. The van der Waals surface area contributed by atoms with Crippen molar-refractivity contribution in [3.05, 3.63) is 0 Å². The van der Waals surface area contributed by atoms with E-state index < -0.39 is 0 Å². The summed E-state index contributed by atoms with van der Waals surface area (Å²) in [4.78, 5) is 23.4. The van der Waals surface area contributed by atoms with Crippen LogP contribution in [0, 0.1) is 11.8 Å². The van der Waals surface area contributed by atoms with E-state index in [1.165, 1.54) is 0 Å². The second-order valence-electron chi connectivity index (χ2n) is 10.3. The van der Waals surface area contributed by atoms with Crippen molar-refractivity contribution in [3.63, 3.8) is 0 Å². The topological polar surface area (TPSA) is 105 Å². The maximum Gasteiger partial charge on any atom is 0.309 e. The van der Waals surface area contributed by atoms with Gasteiger partial charge in [-0.15, -0.1) is 0 Å². The molecule has 0 aromatic heterocycles. The van der Waals surface area contributed by atoms with E-state index in [1.54, 1.807) is 0 Å². The zero-order valence-electron chi connectivity index (χ0n) is 18.8. The van der Waals surface area contributed by atoms with Crippen LogP contribution >= 0.6 is 0 Å². The van der Waals surface area contributed by atoms with Gasteiger partial charge in [-0.3, -0.25) is 9.59 Å². The van der Waals surface area contributed by atoms with Crippen LogP contribution in [0.2, 0.25) is 0 Å². The third-order valence-corrected chi connectivity index (χ3v) is 4.91. The van der Waals surface area contributed by atoms with Crippen LogP contribution in [0.4, 0.5) is 0 Å². The van der Waals surface area contributed by atoms with Crippen LogP contribution in [0.15, 0.2) is 0 Å². The second-order valence-corrected chi connectivity index (χ2v) is 10.3. The fourth-order valence-corrected chi connectivity index (χ4v) is 3.65. The Morgan fingerprint density at radius 3 is 1.25 bits per heavy atom. The highest BCUT2D eigenvalue weighted by atomic mass is 16.6. The lowest BCUT2D eigenvalue weighted by Crippen LogP contribution is -2.35. The second kappa shape index (κ2) is 10.6. The first kappa shape index (κ1) is 24.9. The summed E-state index contributed by atoms with van der Waals surface area (Å²) in [5, 5.41) is 0. The first-order valence-corrected chi connectivity index (χ1v) is 10.7. The van der Waals surface area contributed by atoms with Crippen LogP contribution in [0.5, 0.6) is 0 Å². The lowest BCUT2D eigenvalue weighted by atomic mass is 9.86. The molecule has 6 heteroatoms. The zero-order valence-corrected chi connectivity index (χ0v) is 18.8. The Morgan fingerprint density at radius 2 is 1.00 bits per heavy atom. The van der Waals surface area contributed by atoms with Crippen LogP contribution in [0.25, 0.3) is 0 Å². The van der Waals surface area contributed by atoms with Gasteiger partial charge in [0.05, 0.1) is 11.8 Å². The summed E-state index contributed by atoms with van der Waals surface area (Å²) in [6, 6.07) is 0.363. The molecule has 0 bridgehead atoms. The summed E-state index contributed by atoms with van der Waals surface area (Å²) in [7, 11) is 0. The summed E-state index contributed by atoms with van der Waals surface area (Å²) in [5.74, 6) is -0.101. The van der Waals surface area contributed by atoms with Crippen LogP contribution < -0.4 is 11.5 Å². The summed E-state index contributed by atoms with van der Waals surface area (Å²) >= 11 is 0. The van der Waals surface area contributed by atoms with Gasteiger partial charge < -0.3 is 20.9 Å². The van der Waals surface area contributed by atoms with Crippen molar-refractivity contribution in [2.45, 2.75) is 116 Å². The van der Waals surface area contributed by atoms with Gasteiger partial charge in [0.2, 0.25) is 0 Å². The molecule has 2 aliphatic carbocycles. The zero-order chi connectivity index (χ0) is 21.5. The molecule has 6 nitrogen and oxygen atoms in total. The maximum absolute atomic E-state index is 11.7. The highest BCUT2D eigenvalue weighted by Crippen LogP contribution is 2.26. The van der Waals surface area contributed by atoms with Gasteiger partial charge in [0.15, 0.2) is 0 Å². The highest BCUT2D eigenvalue weighted by molar-refractivity contribution is 5.73. The average molecular weight is 399 g/mol. The van der Waals surface area contributed by atoms with Crippen LogP contribution in [-0.4, -0.2) is 35.2 Å². The average Bonchev–Trinajstić information content (AvgIpc) is 2.52.